The highest BCUT2D eigenvalue weighted by molar-refractivity contribution is 5.35. The zero-order valence-electron chi connectivity index (χ0n) is 11.2. The topological polar surface area (TPSA) is 42.7 Å². The van der Waals surface area contributed by atoms with Crippen LogP contribution < -0.4 is 5.32 Å². The second kappa shape index (κ2) is 5.78. The molecule has 0 aliphatic heterocycles. The van der Waals surface area contributed by atoms with E-state index in [2.05, 4.69) is 35.3 Å². The Morgan fingerprint density at radius 3 is 2.89 bits per heavy atom. The molecule has 0 saturated heterocycles. The van der Waals surface area contributed by atoms with Crippen LogP contribution in [0.15, 0.2) is 30.6 Å². The number of rotatable bonds is 5. The summed E-state index contributed by atoms with van der Waals surface area (Å²) in [7, 11) is 0. The maximum Gasteiger partial charge on any atom is 0.158 e. The Morgan fingerprint density at radius 1 is 1.39 bits per heavy atom. The highest BCUT2D eigenvalue weighted by Crippen LogP contribution is 2.18. The summed E-state index contributed by atoms with van der Waals surface area (Å²) < 4.78 is 1.84. The molecular weight excluding hydrogens is 224 g/mol. The molecule has 0 radical (unpaired) electrons. The van der Waals surface area contributed by atoms with Crippen molar-refractivity contribution in [2.45, 2.75) is 33.2 Å². The number of nitrogens with one attached hydrogen (secondary N) is 1. The van der Waals surface area contributed by atoms with E-state index in [-0.39, 0.29) is 6.04 Å². The van der Waals surface area contributed by atoms with Gasteiger partial charge in [-0.3, -0.25) is 0 Å². The molecule has 4 nitrogen and oxygen atoms in total. The fourth-order valence-electron chi connectivity index (χ4n) is 1.94. The third-order valence-corrected chi connectivity index (χ3v) is 2.92. The normalized spacial score (nSPS) is 12.6. The van der Waals surface area contributed by atoms with Crippen LogP contribution in [-0.4, -0.2) is 21.3 Å². The van der Waals surface area contributed by atoms with E-state index >= 15 is 0 Å². The Hall–Kier alpha value is -1.68. The van der Waals surface area contributed by atoms with Crippen molar-refractivity contribution in [3.63, 3.8) is 0 Å². The minimum Gasteiger partial charge on any atom is -0.310 e. The second-order valence-corrected chi connectivity index (χ2v) is 4.49. The van der Waals surface area contributed by atoms with Crippen molar-refractivity contribution in [2.75, 3.05) is 6.54 Å². The molecular formula is C14H20N4. The quantitative estimate of drug-likeness (QED) is 0.879. The summed E-state index contributed by atoms with van der Waals surface area (Å²) in [4.78, 5) is 4.45. The SMILES string of the molecule is CCCNC(C)c1cccnc1-n1ccc(C)n1. The lowest BCUT2D eigenvalue weighted by Gasteiger charge is -2.16. The highest BCUT2D eigenvalue weighted by atomic mass is 15.3. The van der Waals surface area contributed by atoms with E-state index < -0.39 is 0 Å². The van der Waals surface area contributed by atoms with Gasteiger partial charge in [-0.1, -0.05) is 13.0 Å². The lowest BCUT2D eigenvalue weighted by atomic mass is 10.1. The van der Waals surface area contributed by atoms with Gasteiger partial charge in [-0.2, -0.15) is 5.10 Å². The Balaban J connectivity index is 2.30. The number of pyridine rings is 1. The molecule has 0 spiro atoms. The molecule has 0 amide bonds. The average Bonchev–Trinajstić information content (AvgIpc) is 2.82. The van der Waals surface area contributed by atoms with Crippen LogP contribution in [0.25, 0.3) is 5.82 Å². The summed E-state index contributed by atoms with van der Waals surface area (Å²) >= 11 is 0. The van der Waals surface area contributed by atoms with Crippen LogP contribution in [-0.2, 0) is 0 Å². The summed E-state index contributed by atoms with van der Waals surface area (Å²) in [6.45, 7) is 7.32. The smallest absolute Gasteiger partial charge is 0.158 e. The first-order valence-corrected chi connectivity index (χ1v) is 6.43. The first-order valence-electron chi connectivity index (χ1n) is 6.43. The van der Waals surface area contributed by atoms with Crippen LogP contribution in [0.2, 0.25) is 0 Å². The Bertz CT molecular complexity index is 504. The predicted molar refractivity (Wildman–Crippen MR) is 72.8 cm³/mol. The molecule has 0 aliphatic rings. The third-order valence-electron chi connectivity index (χ3n) is 2.92. The molecule has 18 heavy (non-hydrogen) atoms. The zero-order valence-corrected chi connectivity index (χ0v) is 11.2. The zero-order chi connectivity index (χ0) is 13.0. The Morgan fingerprint density at radius 2 is 2.22 bits per heavy atom. The summed E-state index contributed by atoms with van der Waals surface area (Å²) in [5, 5.41) is 7.92. The van der Waals surface area contributed by atoms with Crippen molar-refractivity contribution >= 4 is 0 Å². The fraction of sp³-hybridized carbons (Fsp3) is 0.429. The monoisotopic (exact) mass is 244 g/mol. The van der Waals surface area contributed by atoms with E-state index in [1.807, 2.05) is 36.1 Å². The van der Waals surface area contributed by atoms with Crippen molar-refractivity contribution in [3.8, 4) is 5.82 Å². The molecule has 2 rings (SSSR count). The van der Waals surface area contributed by atoms with Gasteiger partial charge in [0.15, 0.2) is 5.82 Å². The van der Waals surface area contributed by atoms with Gasteiger partial charge in [0.05, 0.1) is 5.69 Å². The minimum absolute atomic E-state index is 0.276. The van der Waals surface area contributed by atoms with E-state index in [1.165, 1.54) is 5.56 Å². The summed E-state index contributed by atoms with van der Waals surface area (Å²) in [5.74, 6) is 0.904. The van der Waals surface area contributed by atoms with Gasteiger partial charge in [-0.25, -0.2) is 9.67 Å². The average molecular weight is 244 g/mol. The van der Waals surface area contributed by atoms with Gasteiger partial charge in [-0.05, 0) is 38.9 Å². The van der Waals surface area contributed by atoms with Crippen LogP contribution >= 0.6 is 0 Å². The summed E-state index contributed by atoms with van der Waals surface area (Å²) in [6, 6.07) is 6.34. The standard InChI is InChI=1S/C14H20N4/c1-4-8-15-12(3)13-6-5-9-16-14(13)18-10-7-11(2)17-18/h5-7,9-10,12,15H,4,8H2,1-3H3. The van der Waals surface area contributed by atoms with E-state index in [0.717, 1.165) is 24.5 Å². The Kier molecular flexibility index (Phi) is 4.10. The van der Waals surface area contributed by atoms with Crippen LogP contribution in [0.5, 0.6) is 0 Å². The van der Waals surface area contributed by atoms with Gasteiger partial charge in [0.2, 0.25) is 0 Å². The molecule has 4 heteroatoms. The molecule has 0 bridgehead atoms. The molecule has 1 atom stereocenters. The molecule has 0 aliphatic carbocycles. The van der Waals surface area contributed by atoms with Crippen molar-refractivity contribution in [2.24, 2.45) is 0 Å². The molecule has 96 valence electrons. The van der Waals surface area contributed by atoms with Crippen molar-refractivity contribution < 1.29 is 0 Å². The van der Waals surface area contributed by atoms with Crippen LogP contribution in [0.3, 0.4) is 0 Å². The minimum atomic E-state index is 0.276. The van der Waals surface area contributed by atoms with E-state index in [9.17, 15) is 0 Å². The molecule has 0 aromatic carbocycles. The summed E-state index contributed by atoms with van der Waals surface area (Å²) in [5.41, 5.74) is 2.18. The number of hydrogen-bond donors (Lipinski definition) is 1. The van der Waals surface area contributed by atoms with Crippen LogP contribution in [0.4, 0.5) is 0 Å². The van der Waals surface area contributed by atoms with Crippen molar-refractivity contribution in [3.05, 3.63) is 41.9 Å². The maximum absolute atomic E-state index is 4.45. The maximum atomic E-state index is 4.45. The second-order valence-electron chi connectivity index (χ2n) is 4.49. The third kappa shape index (κ3) is 2.76. The Labute approximate surface area is 108 Å². The van der Waals surface area contributed by atoms with Gasteiger partial charge in [0, 0.05) is 24.0 Å². The number of aromatic nitrogens is 3. The fourth-order valence-corrected chi connectivity index (χ4v) is 1.94. The van der Waals surface area contributed by atoms with E-state index in [4.69, 9.17) is 0 Å². The molecule has 1 N–H and O–H groups in total. The number of aryl methyl sites for hydroxylation is 1. The predicted octanol–water partition coefficient (Wildman–Crippen LogP) is 2.64. The number of nitrogens with zero attached hydrogens (tertiary/aromatic N) is 3. The molecule has 0 saturated carbocycles. The lowest BCUT2D eigenvalue weighted by Crippen LogP contribution is -2.21. The van der Waals surface area contributed by atoms with E-state index in [1.54, 1.807) is 0 Å². The van der Waals surface area contributed by atoms with Crippen molar-refractivity contribution in [1.82, 2.24) is 20.1 Å². The molecule has 0 fully saturated rings. The first kappa shape index (κ1) is 12.8. The lowest BCUT2D eigenvalue weighted by molar-refractivity contribution is 0.564. The molecule has 2 heterocycles. The highest BCUT2D eigenvalue weighted by Gasteiger charge is 2.12. The van der Waals surface area contributed by atoms with Crippen LogP contribution in [0, 0.1) is 6.92 Å². The van der Waals surface area contributed by atoms with Gasteiger partial charge < -0.3 is 5.32 Å². The molecule has 2 aromatic rings. The summed E-state index contributed by atoms with van der Waals surface area (Å²) in [6.07, 6.45) is 4.89. The van der Waals surface area contributed by atoms with Crippen LogP contribution in [0.1, 0.15) is 37.6 Å². The van der Waals surface area contributed by atoms with Crippen molar-refractivity contribution in [1.29, 1.82) is 0 Å². The van der Waals surface area contributed by atoms with E-state index in [0.29, 0.717) is 0 Å². The van der Waals surface area contributed by atoms with Gasteiger partial charge >= 0.3 is 0 Å². The largest absolute Gasteiger partial charge is 0.310 e. The molecule has 2 aromatic heterocycles. The number of hydrogen-bond acceptors (Lipinski definition) is 3. The molecule has 1 unspecified atom stereocenters. The van der Waals surface area contributed by atoms with Gasteiger partial charge in [-0.15, -0.1) is 0 Å². The van der Waals surface area contributed by atoms with Gasteiger partial charge in [0.25, 0.3) is 0 Å². The van der Waals surface area contributed by atoms with Gasteiger partial charge in [0.1, 0.15) is 0 Å². The first-order chi connectivity index (χ1) is 8.72.